The van der Waals surface area contributed by atoms with Crippen LogP contribution in [0.2, 0.25) is 0 Å². The minimum absolute atomic E-state index is 0.185. The topological polar surface area (TPSA) is 32.7 Å². The van der Waals surface area contributed by atoms with Crippen LogP contribution in [0.4, 0.5) is 0 Å². The Morgan fingerprint density at radius 2 is 2.13 bits per heavy atom. The van der Waals surface area contributed by atoms with E-state index >= 15 is 0 Å². The molecule has 1 saturated heterocycles. The number of carbonyl (C=O) groups is 1. The fourth-order valence-corrected chi connectivity index (χ4v) is 1.53. The molecule has 3 heteroatoms. The van der Waals surface area contributed by atoms with Crippen LogP contribution >= 0.6 is 0 Å². The highest BCUT2D eigenvalue weighted by molar-refractivity contribution is 6.00. The molecule has 1 aliphatic rings. The number of rotatable bonds is 2. The van der Waals surface area contributed by atoms with E-state index in [4.69, 9.17) is 0 Å². The van der Waals surface area contributed by atoms with Crippen LogP contribution in [-0.2, 0) is 11.3 Å². The van der Waals surface area contributed by atoms with Crippen LogP contribution in [0.5, 0.6) is 0 Å². The zero-order chi connectivity index (χ0) is 10.7. The van der Waals surface area contributed by atoms with Crippen molar-refractivity contribution in [1.82, 2.24) is 4.90 Å². The summed E-state index contributed by atoms with van der Waals surface area (Å²) >= 11 is 0. The zero-order valence-corrected chi connectivity index (χ0v) is 8.81. The number of β-lactam (4-membered cyclic amide) rings is 1. The third kappa shape index (κ3) is 2.24. The first-order valence-corrected chi connectivity index (χ1v) is 5.13. The normalized spacial score (nSPS) is 16.5. The smallest absolute Gasteiger partial charge is 0.229 e. The van der Waals surface area contributed by atoms with Gasteiger partial charge in [0.1, 0.15) is 5.84 Å². The van der Waals surface area contributed by atoms with Crippen molar-refractivity contribution in [3.8, 4) is 0 Å². The van der Waals surface area contributed by atoms with E-state index in [-0.39, 0.29) is 5.91 Å². The Kier molecular flexibility index (Phi) is 2.81. The molecule has 3 nitrogen and oxygen atoms in total. The number of hydrogen-bond acceptors (Lipinski definition) is 2. The molecule has 0 spiro atoms. The molecule has 0 bridgehead atoms. The second kappa shape index (κ2) is 4.26. The molecule has 1 aromatic carbocycles. The van der Waals surface area contributed by atoms with E-state index in [1.165, 1.54) is 5.56 Å². The number of aliphatic imine (C=N–C) groups is 1. The van der Waals surface area contributed by atoms with Gasteiger partial charge < -0.3 is 4.90 Å². The first kappa shape index (κ1) is 9.90. The van der Waals surface area contributed by atoms with Crippen molar-refractivity contribution in [3.05, 3.63) is 35.9 Å². The summed E-state index contributed by atoms with van der Waals surface area (Å²) in [6, 6.07) is 10.0. The summed E-state index contributed by atoms with van der Waals surface area (Å²) in [5, 5.41) is 0. The second-order valence-electron chi connectivity index (χ2n) is 3.64. The van der Waals surface area contributed by atoms with Gasteiger partial charge in [0.25, 0.3) is 0 Å². The number of benzene rings is 1. The van der Waals surface area contributed by atoms with E-state index in [9.17, 15) is 4.79 Å². The Labute approximate surface area is 89.4 Å². The fraction of sp³-hybridized carbons (Fsp3) is 0.333. The van der Waals surface area contributed by atoms with Crippen LogP contribution in [0.15, 0.2) is 35.3 Å². The van der Waals surface area contributed by atoms with E-state index in [0.717, 1.165) is 12.4 Å². The molecule has 78 valence electrons. The van der Waals surface area contributed by atoms with Crippen LogP contribution in [0.1, 0.15) is 18.9 Å². The largest absolute Gasteiger partial charge is 0.300 e. The third-order valence-electron chi connectivity index (χ3n) is 2.57. The molecule has 1 aliphatic heterocycles. The molecule has 0 unspecified atom stereocenters. The van der Waals surface area contributed by atoms with Gasteiger partial charge in [-0.25, -0.2) is 0 Å². The predicted molar refractivity (Wildman–Crippen MR) is 59.6 cm³/mol. The molecule has 1 aromatic rings. The summed E-state index contributed by atoms with van der Waals surface area (Å²) in [7, 11) is 0. The van der Waals surface area contributed by atoms with Gasteiger partial charge in [-0.1, -0.05) is 30.3 Å². The van der Waals surface area contributed by atoms with E-state index in [1.807, 2.05) is 37.3 Å². The lowest BCUT2D eigenvalue weighted by molar-refractivity contribution is -0.134. The molecular formula is C12H14N2O. The van der Waals surface area contributed by atoms with Crippen molar-refractivity contribution in [2.45, 2.75) is 19.9 Å². The first-order chi connectivity index (χ1) is 7.27. The van der Waals surface area contributed by atoms with Gasteiger partial charge in [0.15, 0.2) is 0 Å². The molecule has 0 aromatic heterocycles. The number of amides is 1. The first-order valence-electron chi connectivity index (χ1n) is 5.13. The molecule has 0 radical (unpaired) electrons. The summed E-state index contributed by atoms with van der Waals surface area (Å²) in [4.78, 5) is 17.2. The molecule has 1 fully saturated rings. The average molecular weight is 202 g/mol. The standard InChI is InChI=1S/C12H14N2O/c1-10(14-8-7-12(14)15)13-9-11-5-3-2-4-6-11/h2-6H,7-9H2,1H3. The van der Waals surface area contributed by atoms with Crippen LogP contribution in [0, 0.1) is 0 Å². The van der Waals surface area contributed by atoms with Gasteiger partial charge in [0.05, 0.1) is 6.54 Å². The van der Waals surface area contributed by atoms with Crippen LogP contribution < -0.4 is 0 Å². The van der Waals surface area contributed by atoms with Gasteiger partial charge in [0, 0.05) is 13.0 Å². The minimum Gasteiger partial charge on any atom is -0.300 e. The van der Waals surface area contributed by atoms with Crippen molar-refractivity contribution in [1.29, 1.82) is 0 Å². The summed E-state index contributed by atoms with van der Waals surface area (Å²) in [5.74, 6) is 1.01. The summed E-state index contributed by atoms with van der Waals surface area (Å²) in [6.07, 6.45) is 0.665. The maximum atomic E-state index is 11.1. The van der Waals surface area contributed by atoms with E-state index in [2.05, 4.69) is 4.99 Å². The van der Waals surface area contributed by atoms with Gasteiger partial charge in [-0.15, -0.1) is 0 Å². The van der Waals surface area contributed by atoms with E-state index < -0.39 is 0 Å². The molecule has 0 atom stereocenters. The Morgan fingerprint density at radius 3 is 2.67 bits per heavy atom. The van der Waals surface area contributed by atoms with Gasteiger partial charge in [0.2, 0.25) is 5.91 Å². The number of likely N-dealkylation sites (tertiary alicyclic amines) is 1. The molecule has 0 saturated carbocycles. The molecule has 2 rings (SSSR count). The van der Waals surface area contributed by atoms with E-state index in [1.54, 1.807) is 4.90 Å². The Morgan fingerprint density at radius 1 is 1.40 bits per heavy atom. The summed E-state index contributed by atoms with van der Waals surface area (Å²) in [5.41, 5.74) is 1.17. The Balaban J connectivity index is 1.96. The lowest BCUT2D eigenvalue weighted by Crippen LogP contribution is -2.46. The molecule has 0 aliphatic carbocycles. The van der Waals surface area contributed by atoms with Crippen molar-refractivity contribution >= 4 is 11.7 Å². The lowest BCUT2D eigenvalue weighted by atomic mass is 10.2. The van der Waals surface area contributed by atoms with Gasteiger partial charge in [-0.05, 0) is 12.5 Å². The molecule has 1 amide bonds. The van der Waals surface area contributed by atoms with Crippen LogP contribution in [0.25, 0.3) is 0 Å². The minimum atomic E-state index is 0.185. The maximum absolute atomic E-state index is 11.1. The molecule has 1 heterocycles. The maximum Gasteiger partial charge on any atom is 0.229 e. The molecule has 0 N–H and O–H groups in total. The van der Waals surface area contributed by atoms with Gasteiger partial charge in [-0.3, -0.25) is 9.79 Å². The monoisotopic (exact) mass is 202 g/mol. The van der Waals surface area contributed by atoms with Crippen LogP contribution in [0.3, 0.4) is 0 Å². The van der Waals surface area contributed by atoms with Crippen molar-refractivity contribution in [2.75, 3.05) is 6.54 Å². The summed E-state index contributed by atoms with van der Waals surface area (Å²) < 4.78 is 0. The average Bonchev–Trinajstić information content (AvgIpc) is 2.26. The zero-order valence-electron chi connectivity index (χ0n) is 8.81. The SMILES string of the molecule is CC(=NCc1ccccc1)N1CCC1=O. The number of carbonyl (C=O) groups excluding carboxylic acids is 1. The molecular weight excluding hydrogens is 188 g/mol. The van der Waals surface area contributed by atoms with Crippen molar-refractivity contribution < 1.29 is 4.79 Å². The van der Waals surface area contributed by atoms with Crippen molar-refractivity contribution in [2.24, 2.45) is 4.99 Å². The van der Waals surface area contributed by atoms with Gasteiger partial charge >= 0.3 is 0 Å². The number of amidine groups is 1. The summed E-state index contributed by atoms with van der Waals surface area (Å²) in [6.45, 7) is 3.36. The number of hydrogen-bond donors (Lipinski definition) is 0. The van der Waals surface area contributed by atoms with Crippen molar-refractivity contribution in [3.63, 3.8) is 0 Å². The predicted octanol–water partition coefficient (Wildman–Crippen LogP) is 1.84. The van der Waals surface area contributed by atoms with Crippen LogP contribution in [-0.4, -0.2) is 23.2 Å². The fourth-order valence-electron chi connectivity index (χ4n) is 1.53. The highest BCUT2D eigenvalue weighted by atomic mass is 16.2. The highest BCUT2D eigenvalue weighted by Gasteiger charge is 2.25. The lowest BCUT2D eigenvalue weighted by Gasteiger charge is -2.30. The Hall–Kier alpha value is -1.64. The highest BCUT2D eigenvalue weighted by Crippen LogP contribution is 2.10. The van der Waals surface area contributed by atoms with E-state index in [0.29, 0.717) is 13.0 Å². The molecule has 15 heavy (non-hydrogen) atoms. The Bertz CT molecular complexity index is 384. The quantitative estimate of drug-likeness (QED) is 0.409. The third-order valence-corrected chi connectivity index (χ3v) is 2.57. The number of nitrogens with zero attached hydrogens (tertiary/aromatic N) is 2. The second-order valence-corrected chi connectivity index (χ2v) is 3.64. The van der Waals surface area contributed by atoms with Gasteiger partial charge in [-0.2, -0.15) is 0 Å².